The lowest BCUT2D eigenvalue weighted by Crippen LogP contribution is -2.20. The zero-order valence-corrected chi connectivity index (χ0v) is 8.56. The largest absolute Gasteiger partial charge is 0.370 e. The van der Waals surface area contributed by atoms with Gasteiger partial charge in [-0.2, -0.15) is 0 Å². The van der Waals surface area contributed by atoms with E-state index in [9.17, 15) is 4.79 Å². The quantitative estimate of drug-likeness (QED) is 0.629. The third kappa shape index (κ3) is 4.92. The number of amides is 1. The lowest BCUT2D eigenvalue weighted by Gasteiger charge is -2.04. The van der Waals surface area contributed by atoms with Gasteiger partial charge in [-0.1, -0.05) is 0 Å². The van der Waals surface area contributed by atoms with E-state index in [4.69, 9.17) is 10.5 Å². The van der Waals surface area contributed by atoms with E-state index >= 15 is 0 Å². The molecule has 6 heteroatoms. The third-order valence-corrected chi connectivity index (χ3v) is 1.55. The summed E-state index contributed by atoms with van der Waals surface area (Å²) in [4.78, 5) is 18.4. The van der Waals surface area contributed by atoms with Crippen LogP contribution < -0.4 is 11.1 Å². The number of carbonyl (C=O) groups excluding carboxylic acids is 1. The fourth-order valence-corrected chi connectivity index (χ4v) is 0.892. The molecule has 0 unspecified atom stereocenters. The summed E-state index contributed by atoms with van der Waals surface area (Å²) < 4.78 is 4.95. The second-order valence-corrected chi connectivity index (χ2v) is 3.03. The summed E-state index contributed by atoms with van der Waals surface area (Å²) in [5.74, 6) is 0.0739. The summed E-state index contributed by atoms with van der Waals surface area (Å²) in [5.41, 5.74) is 5.90. The molecule has 82 valence electrons. The van der Waals surface area contributed by atoms with E-state index in [0.717, 1.165) is 5.56 Å². The highest BCUT2D eigenvalue weighted by molar-refractivity contribution is 5.74. The molecule has 0 aliphatic heterocycles. The molecular weight excluding hydrogens is 196 g/mol. The molecule has 0 aromatic carbocycles. The van der Waals surface area contributed by atoms with Crippen LogP contribution in [0.2, 0.25) is 0 Å². The molecule has 0 fully saturated rings. The Morgan fingerprint density at radius 2 is 2.20 bits per heavy atom. The molecule has 3 N–H and O–H groups in total. The second kappa shape index (κ2) is 5.92. The highest BCUT2D eigenvalue weighted by Gasteiger charge is 1.95. The van der Waals surface area contributed by atoms with Gasteiger partial charge in [0, 0.05) is 18.9 Å². The Morgan fingerprint density at radius 3 is 2.80 bits per heavy atom. The number of hydrogen-bond donors (Lipinski definition) is 2. The van der Waals surface area contributed by atoms with Crippen LogP contribution in [-0.4, -0.2) is 35.6 Å². The maximum absolute atomic E-state index is 10.3. The minimum Gasteiger partial charge on any atom is -0.370 e. The van der Waals surface area contributed by atoms with Gasteiger partial charge in [-0.05, 0) is 12.5 Å². The molecule has 15 heavy (non-hydrogen) atoms. The minimum atomic E-state index is -0.471. The van der Waals surface area contributed by atoms with E-state index in [1.165, 1.54) is 0 Å². The topological polar surface area (TPSA) is 90.1 Å². The molecular formula is C9H14N4O2. The van der Waals surface area contributed by atoms with Crippen LogP contribution in [0.3, 0.4) is 0 Å². The average molecular weight is 210 g/mol. The van der Waals surface area contributed by atoms with Crippen LogP contribution in [0.4, 0.5) is 5.95 Å². The average Bonchev–Trinajstić information content (AvgIpc) is 2.20. The van der Waals surface area contributed by atoms with Crippen LogP contribution in [0.1, 0.15) is 5.56 Å². The molecule has 1 aromatic rings. The number of aryl methyl sites for hydroxylation is 1. The van der Waals surface area contributed by atoms with Gasteiger partial charge in [-0.25, -0.2) is 9.97 Å². The van der Waals surface area contributed by atoms with E-state index in [1.54, 1.807) is 12.4 Å². The molecule has 1 rings (SSSR count). The molecule has 1 aromatic heterocycles. The molecule has 0 aliphatic carbocycles. The maximum atomic E-state index is 10.3. The molecule has 1 amide bonds. The summed E-state index contributed by atoms with van der Waals surface area (Å²) in [5, 5.41) is 2.95. The van der Waals surface area contributed by atoms with Gasteiger partial charge in [-0.15, -0.1) is 0 Å². The van der Waals surface area contributed by atoms with Crippen molar-refractivity contribution in [3.63, 3.8) is 0 Å². The van der Waals surface area contributed by atoms with Gasteiger partial charge in [0.1, 0.15) is 6.61 Å². The molecule has 0 saturated carbocycles. The van der Waals surface area contributed by atoms with Gasteiger partial charge in [0.2, 0.25) is 11.9 Å². The first-order valence-corrected chi connectivity index (χ1v) is 4.57. The van der Waals surface area contributed by atoms with Crippen molar-refractivity contribution in [1.82, 2.24) is 9.97 Å². The standard InChI is InChI=1S/C9H14N4O2/c1-7-4-12-9(13-5-7)11-2-3-15-6-8(10)14/h4-5H,2-3,6H2,1H3,(H2,10,14)(H,11,12,13). The molecule has 0 aliphatic rings. The number of rotatable bonds is 6. The van der Waals surface area contributed by atoms with Gasteiger partial charge < -0.3 is 15.8 Å². The molecule has 0 radical (unpaired) electrons. The Kier molecular flexibility index (Phi) is 4.49. The highest BCUT2D eigenvalue weighted by atomic mass is 16.5. The fourth-order valence-electron chi connectivity index (χ4n) is 0.892. The molecule has 0 bridgehead atoms. The van der Waals surface area contributed by atoms with E-state index < -0.39 is 5.91 Å². The van der Waals surface area contributed by atoms with E-state index in [1.807, 2.05) is 6.92 Å². The molecule has 6 nitrogen and oxygen atoms in total. The number of ether oxygens (including phenoxy) is 1. The first kappa shape index (κ1) is 11.4. The monoisotopic (exact) mass is 210 g/mol. The number of aromatic nitrogens is 2. The Labute approximate surface area is 87.9 Å². The predicted octanol–water partition coefficient (Wildman–Crippen LogP) is -0.301. The van der Waals surface area contributed by atoms with Crippen molar-refractivity contribution in [2.75, 3.05) is 25.1 Å². The van der Waals surface area contributed by atoms with Crippen LogP contribution in [0.25, 0.3) is 0 Å². The molecule has 0 saturated heterocycles. The van der Waals surface area contributed by atoms with Crippen molar-refractivity contribution in [1.29, 1.82) is 0 Å². The van der Waals surface area contributed by atoms with Crippen molar-refractivity contribution in [3.8, 4) is 0 Å². The summed E-state index contributed by atoms with van der Waals surface area (Å²) in [6.07, 6.45) is 3.44. The third-order valence-electron chi connectivity index (χ3n) is 1.55. The van der Waals surface area contributed by atoms with Crippen LogP contribution in [0, 0.1) is 6.92 Å². The predicted molar refractivity (Wildman–Crippen MR) is 55.3 cm³/mol. The van der Waals surface area contributed by atoms with Crippen LogP contribution >= 0.6 is 0 Å². The Morgan fingerprint density at radius 1 is 1.53 bits per heavy atom. The van der Waals surface area contributed by atoms with E-state index in [0.29, 0.717) is 19.1 Å². The molecule has 0 atom stereocenters. The summed E-state index contributed by atoms with van der Waals surface area (Å²) in [7, 11) is 0. The smallest absolute Gasteiger partial charge is 0.243 e. The van der Waals surface area contributed by atoms with Crippen molar-refractivity contribution in [2.45, 2.75) is 6.92 Å². The van der Waals surface area contributed by atoms with Crippen molar-refractivity contribution < 1.29 is 9.53 Å². The van der Waals surface area contributed by atoms with Gasteiger partial charge in [-0.3, -0.25) is 4.79 Å². The first-order chi connectivity index (χ1) is 7.18. The van der Waals surface area contributed by atoms with Crippen molar-refractivity contribution >= 4 is 11.9 Å². The van der Waals surface area contributed by atoms with Crippen molar-refractivity contribution in [3.05, 3.63) is 18.0 Å². The van der Waals surface area contributed by atoms with E-state index in [2.05, 4.69) is 15.3 Å². The molecule has 1 heterocycles. The lowest BCUT2D eigenvalue weighted by atomic mass is 10.4. The number of nitrogens with one attached hydrogen (secondary N) is 1. The van der Waals surface area contributed by atoms with Gasteiger partial charge in [0.05, 0.1) is 6.61 Å². The Hall–Kier alpha value is -1.69. The lowest BCUT2D eigenvalue weighted by molar-refractivity contribution is -0.122. The SMILES string of the molecule is Cc1cnc(NCCOCC(N)=O)nc1. The minimum absolute atomic E-state index is 0.0591. The van der Waals surface area contributed by atoms with Crippen LogP contribution in [0.15, 0.2) is 12.4 Å². The summed E-state index contributed by atoms with van der Waals surface area (Å²) in [6, 6.07) is 0. The highest BCUT2D eigenvalue weighted by Crippen LogP contribution is 1.97. The number of anilines is 1. The van der Waals surface area contributed by atoms with Crippen LogP contribution in [-0.2, 0) is 9.53 Å². The Bertz CT molecular complexity index is 312. The summed E-state index contributed by atoms with van der Waals surface area (Å²) in [6.45, 7) is 2.78. The Balaban J connectivity index is 2.15. The number of nitrogens with two attached hydrogens (primary N) is 1. The van der Waals surface area contributed by atoms with E-state index in [-0.39, 0.29) is 6.61 Å². The van der Waals surface area contributed by atoms with Crippen molar-refractivity contribution in [2.24, 2.45) is 5.73 Å². The second-order valence-electron chi connectivity index (χ2n) is 3.03. The number of carbonyl (C=O) groups is 1. The van der Waals surface area contributed by atoms with Gasteiger partial charge in [0.25, 0.3) is 0 Å². The number of hydrogen-bond acceptors (Lipinski definition) is 5. The van der Waals surface area contributed by atoms with Gasteiger partial charge in [0.15, 0.2) is 0 Å². The van der Waals surface area contributed by atoms with Gasteiger partial charge >= 0.3 is 0 Å². The number of nitrogens with zero attached hydrogens (tertiary/aromatic N) is 2. The zero-order chi connectivity index (χ0) is 11.1. The molecule has 0 spiro atoms. The van der Waals surface area contributed by atoms with Crippen LogP contribution in [0.5, 0.6) is 0 Å². The first-order valence-electron chi connectivity index (χ1n) is 4.57. The summed E-state index contributed by atoms with van der Waals surface area (Å²) >= 11 is 0. The maximum Gasteiger partial charge on any atom is 0.243 e. The normalized spacial score (nSPS) is 9.93. The fraction of sp³-hybridized carbons (Fsp3) is 0.444. The number of primary amides is 1. The zero-order valence-electron chi connectivity index (χ0n) is 8.56.